The lowest BCUT2D eigenvalue weighted by molar-refractivity contribution is 0.347. The van der Waals surface area contributed by atoms with Gasteiger partial charge in [0.15, 0.2) is 5.76 Å². The number of hydrogen-bond acceptors (Lipinski definition) is 7. The Morgan fingerprint density at radius 1 is 1.18 bits per heavy atom. The van der Waals surface area contributed by atoms with Crippen molar-refractivity contribution in [1.82, 2.24) is 25.4 Å². The first-order valence-electron chi connectivity index (χ1n) is 9.90. The zero-order valence-electron chi connectivity index (χ0n) is 16.4. The van der Waals surface area contributed by atoms with Gasteiger partial charge in [0.1, 0.15) is 17.3 Å². The predicted octanol–water partition coefficient (Wildman–Crippen LogP) is 3.16. The number of pyridine rings is 1. The fraction of sp³-hybridized carbons (Fsp3) is 0.429. The molecule has 0 atom stereocenters. The lowest BCUT2D eigenvalue weighted by atomic mass is 10.0. The molecule has 3 aromatic heterocycles. The summed E-state index contributed by atoms with van der Waals surface area (Å²) in [6.07, 6.45) is 6.84. The number of nitrogens with zero attached hydrogens (tertiary/aromatic N) is 5. The number of hydrogen-bond donors (Lipinski definition) is 1. The molecule has 0 bridgehead atoms. The van der Waals surface area contributed by atoms with Crippen molar-refractivity contribution in [2.75, 3.05) is 18.0 Å². The van der Waals surface area contributed by atoms with Gasteiger partial charge in [0.25, 0.3) is 0 Å². The first-order chi connectivity index (χ1) is 13.7. The zero-order chi connectivity index (χ0) is 19.3. The quantitative estimate of drug-likeness (QED) is 0.706. The molecular formula is C21H26N6O. The second-order valence-electron chi connectivity index (χ2n) is 7.16. The molecule has 4 heterocycles. The summed E-state index contributed by atoms with van der Waals surface area (Å²) in [5.74, 6) is 2.77. The highest BCUT2D eigenvalue weighted by Crippen LogP contribution is 2.23. The van der Waals surface area contributed by atoms with Gasteiger partial charge in [0, 0.05) is 43.2 Å². The highest BCUT2D eigenvalue weighted by molar-refractivity contribution is 5.53. The van der Waals surface area contributed by atoms with Crippen molar-refractivity contribution in [3.63, 3.8) is 0 Å². The van der Waals surface area contributed by atoms with E-state index in [2.05, 4.69) is 37.2 Å². The molecule has 1 aliphatic heterocycles. The molecule has 146 valence electrons. The molecule has 7 heteroatoms. The first kappa shape index (κ1) is 18.6. The fourth-order valence-corrected chi connectivity index (χ4v) is 3.58. The predicted molar refractivity (Wildman–Crippen MR) is 108 cm³/mol. The maximum absolute atomic E-state index is 5.46. The topological polar surface area (TPSA) is 80.0 Å². The van der Waals surface area contributed by atoms with Crippen LogP contribution in [0.3, 0.4) is 0 Å². The number of anilines is 1. The summed E-state index contributed by atoms with van der Waals surface area (Å²) in [5, 5.41) is 7.73. The van der Waals surface area contributed by atoms with E-state index in [0.29, 0.717) is 12.6 Å². The summed E-state index contributed by atoms with van der Waals surface area (Å²) in [6.45, 7) is 6.78. The van der Waals surface area contributed by atoms with Crippen molar-refractivity contribution < 1.29 is 4.52 Å². The summed E-state index contributed by atoms with van der Waals surface area (Å²) in [6, 6.07) is 8.20. The van der Waals surface area contributed by atoms with Crippen molar-refractivity contribution in [3.8, 4) is 11.4 Å². The summed E-state index contributed by atoms with van der Waals surface area (Å²) in [5.41, 5.74) is 2.83. The Balaban J connectivity index is 1.31. The van der Waals surface area contributed by atoms with Crippen LogP contribution >= 0.6 is 0 Å². The maximum Gasteiger partial charge on any atom is 0.151 e. The van der Waals surface area contributed by atoms with Crippen LogP contribution in [0.4, 0.5) is 5.82 Å². The molecule has 0 unspecified atom stereocenters. The first-order valence-corrected chi connectivity index (χ1v) is 9.90. The summed E-state index contributed by atoms with van der Waals surface area (Å²) >= 11 is 0. The Hall–Kier alpha value is -2.80. The molecule has 0 saturated carbocycles. The third-order valence-electron chi connectivity index (χ3n) is 5.19. The highest BCUT2D eigenvalue weighted by atomic mass is 16.5. The molecule has 0 radical (unpaired) electrons. The molecular weight excluding hydrogens is 352 g/mol. The van der Waals surface area contributed by atoms with Gasteiger partial charge in [-0.3, -0.25) is 4.98 Å². The average molecular weight is 378 g/mol. The third kappa shape index (κ3) is 4.20. The Labute approximate surface area is 165 Å². The van der Waals surface area contributed by atoms with Gasteiger partial charge in [0.05, 0.1) is 12.2 Å². The van der Waals surface area contributed by atoms with Gasteiger partial charge in [-0.25, -0.2) is 9.97 Å². The molecule has 0 aromatic carbocycles. The molecule has 0 spiro atoms. The average Bonchev–Trinajstić information content (AvgIpc) is 3.22. The standard InChI is InChI=1S/C21H26N6O/c1-3-16-13-23-15(2)25-21(16)27-10-7-17(8-11-27)24-14-18-12-20(26-28-18)19-6-4-5-9-22-19/h4-6,9,12-13,17,24H,3,7-8,10-11,14H2,1-2H3. The Kier molecular flexibility index (Phi) is 5.62. The molecule has 1 N–H and O–H groups in total. The van der Waals surface area contributed by atoms with Crippen LogP contribution in [0.2, 0.25) is 0 Å². The molecule has 1 saturated heterocycles. The lowest BCUT2D eigenvalue weighted by Gasteiger charge is -2.34. The number of aryl methyl sites for hydroxylation is 2. The third-order valence-corrected chi connectivity index (χ3v) is 5.19. The van der Waals surface area contributed by atoms with Crippen LogP contribution in [0, 0.1) is 6.92 Å². The number of nitrogens with one attached hydrogen (secondary N) is 1. The molecule has 1 aliphatic rings. The Bertz CT molecular complexity index is 902. The van der Waals surface area contributed by atoms with Crippen molar-refractivity contribution >= 4 is 5.82 Å². The lowest BCUT2D eigenvalue weighted by Crippen LogP contribution is -2.43. The second-order valence-corrected chi connectivity index (χ2v) is 7.16. The van der Waals surface area contributed by atoms with Crippen LogP contribution in [0.25, 0.3) is 11.4 Å². The van der Waals surface area contributed by atoms with E-state index in [1.165, 1.54) is 5.56 Å². The monoisotopic (exact) mass is 378 g/mol. The number of aromatic nitrogens is 4. The second kappa shape index (κ2) is 8.48. The molecule has 0 aliphatic carbocycles. The number of rotatable bonds is 6. The van der Waals surface area contributed by atoms with E-state index < -0.39 is 0 Å². The summed E-state index contributed by atoms with van der Waals surface area (Å²) in [7, 11) is 0. The van der Waals surface area contributed by atoms with Crippen molar-refractivity contribution in [2.24, 2.45) is 0 Å². The van der Waals surface area contributed by atoms with Crippen LogP contribution in [0.1, 0.15) is 36.9 Å². The fourth-order valence-electron chi connectivity index (χ4n) is 3.58. The maximum atomic E-state index is 5.46. The van der Waals surface area contributed by atoms with Crippen LogP contribution in [-0.4, -0.2) is 39.2 Å². The molecule has 3 aromatic rings. The van der Waals surface area contributed by atoms with Crippen LogP contribution in [0.15, 0.2) is 41.2 Å². The molecule has 7 nitrogen and oxygen atoms in total. The highest BCUT2D eigenvalue weighted by Gasteiger charge is 2.22. The van der Waals surface area contributed by atoms with Gasteiger partial charge in [0.2, 0.25) is 0 Å². The van der Waals surface area contributed by atoms with Crippen LogP contribution in [0.5, 0.6) is 0 Å². The van der Waals surface area contributed by atoms with Crippen LogP contribution < -0.4 is 10.2 Å². The van der Waals surface area contributed by atoms with Crippen LogP contribution in [-0.2, 0) is 13.0 Å². The van der Waals surface area contributed by atoms with Gasteiger partial charge in [-0.1, -0.05) is 18.1 Å². The molecule has 4 rings (SSSR count). The zero-order valence-corrected chi connectivity index (χ0v) is 16.4. The van der Waals surface area contributed by atoms with E-state index in [-0.39, 0.29) is 0 Å². The van der Waals surface area contributed by atoms with Gasteiger partial charge in [-0.05, 0) is 38.3 Å². The molecule has 28 heavy (non-hydrogen) atoms. The van der Waals surface area contributed by atoms with Crippen molar-refractivity contribution in [2.45, 2.75) is 45.7 Å². The van der Waals surface area contributed by atoms with Crippen molar-refractivity contribution in [3.05, 3.63) is 53.8 Å². The van der Waals surface area contributed by atoms with E-state index in [1.54, 1.807) is 6.20 Å². The van der Waals surface area contributed by atoms with E-state index in [1.807, 2.05) is 37.4 Å². The smallest absolute Gasteiger partial charge is 0.151 e. The molecule has 1 fully saturated rings. The summed E-state index contributed by atoms with van der Waals surface area (Å²) < 4.78 is 5.46. The number of piperidine rings is 1. The van der Waals surface area contributed by atoms with Gasteiger partial charge in [-0.2, -0.15) is 0 Å². The van der Waals surface area contributed by atoms with Gasteiger partial charge >= 0.3 is 0 Å². The van der Waals surface area contributed by atoms with E-state index in [4.69, 9.17) is 4.52 Å². The van der Waals surface area contributed by atoms with Gasteiger partial charge < -0.3 is 14.7 Å². The minimum Gasteiger partial charge on any atom is -0.359 e. The minimum atomic E-state index is 0.465. The van der Waals surface area contributed by atoms with E-state index in [0.717, 1.165) is 61.1 Å². The minimum absolute atomic E-state index is 0.465. The summed E-state index contributed by atoms with van der Waals surface area (Å²) in [4.78, 5) is 15.7. The van der Waals surface area contributed by atoms with E-state index in [9.17, 15) is 0 Å². The van der Waals surface area contributed by atoms with E-state index >= 15 is 0 Å². The Morgan fingerprint density at radius 3 is 2.79 bits per heavy atom. The Morgan fingerprint density at radius 2 is 2.04 bits per heavy atom. The normalized spacial score (nSPS) is 15.1. The SMILES string of the molecule is CCc1cnc(C)nc1N1CCC(NCc2cc(-c3ccccn3)no2)CC1. The molecule has 0 amide bonds. The van der Waals surface area contributed by atoms with Crippen molar-refractivity contribution in [1.29, 1.82) is 0 Å². The largest absolute Gasteiger partial charge is 0.359 e. The van der Waals surface area contributed by atoms with Gasteiger partial charge in [-0.15, -0.1) is 0 Å².